The van der Waals surface area contributed by atoms with Gasteiger partial charge in [-0.25, -0.2) is 14.6 Å². The smallest absolute Gasteiger partial charge is 0.350 e. The van der Waals surface area contributed by atoms with Crippen molar-refractivity contribution in [3.05, 3.63) is 30.1 Å². The molecule has 0 bridgehead atoms. The number of rotatable bonds is 5. The zero-order valence-electron chi connectivity index (χ0n) is 12.7. The maximum absolute atomic E-state index is 11.8. The zero-order valence-corrected chi connectivity index (χ0v) is 12.7. The molecule has 0 unspecified atom stereocenters. The van der Waals surface area contributed by atoms with Crippen LogP contribution in [0, 0.1) is 0 Å². The van der Waals surface area contributed by atoms with Crippen molar-refractivity contribution in [3.63, 3.8) is 0 Å². The van der Waals surface area contributed by atoms with E-state index in [1.54, 1.807) is 18.3 Å². The summed E-state index contributed by atoms with van der Waals surface area (Å²) in [5.41, 5.74) is 0.318. The number of esters is 2. The second kappa shape index (κ2) is 6.46. The van der Waals surface area contributed by atoms with Gasteiger partial charge in [-0.2, -0.15) is 0 Å². The number of carbonyl (C=O) groups excluding carboxylic acids is 2. The van der Waals surface area contributed by atoms with Gasteiger partial charge in [0.15, 0.2) is 5.57 Å². The summed E-state index contributed by atoms with van der Waals surface area (Å²) in [5, 5.41) is 2.83. The average Bonchev–Trinajstić information content (AvgIpc) is 2.44. The number of hydrogen-bond acceptors (Lipinski definition) is 7. The Morgan fingerprint density at radius 3 is 2.64 bits per heavy atom. The molecule has 22 heavy (non-hydrogen) atoms. The van der Waals surface area contributed by atoms with Gasteiger partial charge < -0.3 is 19.5 Å². The fourth-order valence-corrected chi connectivity index (χ4v) is 1.74. The van der Waals surface area contributed by atoms with Gasteiger partial charge in [0.1, 0.15) is 5.69 Å². The molecule has 1 aromatic heterocycles. The van der Waals surface area contributed by atoms with Crippen LogP contribution in [0.3, 0.4) is 0 Å². The molecule has 7 heteroatoms. The van der Waals surface area contributed by atoms with Gasteiger partial charge in [-0.15, -0.1) is 0 Å². The van der Waals surface area contributed by atoms with Crippen LogP contribution in [0.15, 0.2) is 30.1 Å². The van der Waals surface area contributed by atoms with Crippen LogP contribution in [0.1, 0.15) is 27.2 Å². The summed E-state index contributed by atoms with van der Waals surface area (Å²) in [7, 11) is 0. The predicted octanol–water partition coefficient (Wildman–Crippen LogP) is 2.00. The van der Waals surface area contributed by atoms with E-state index in [2.05, 4.69) is 10.3 Å². The number of nitrogens with one attached hydrogen (secondary N) is 1. The Hall–Kier alpha value is -2.57. The third-order valence-corrected chi connectivity index (χ3v) is 2.70. The second-order valence-corrected chi connectivity index (χ2v) is 5.09. The van der Waals surface area contributed by atoms with Gasteiger partial charge in [0, 0.05) is 26.2 Å². The van der Waals surface area contributed by atoms with Crippen LogP contribution in [0.25, 0.3) is 0 Å². The fourth-order valence-electron chi connectivity index (χ4n) is 1.74. The van der Waals surface area contributed by atoms with Gasteiger partial charge in [0.05, 0.1) is 6.61 Å². The van der Waals surface area contributed by atoms with Crippen LogP contribution in [-0.4, -0.2) is 29.3 Å². The van der Waals surface area contributed by atoms with E-state index in [-0.39, 0.29) is 5.57 Å². The molecule has 1 fully saturated rings. The number of carbonyl (C=O) groups is 2. The lowest BCUT2D eigenvalue weighted by Crippen LogP contribution is -2.42. The van der Waals surface area contributed by atoms with Gasteiger partial charge in [-0.05, 0) is 18.6 Å². The molecule has 1 saturated heterocycles. The molecule has 0 aromatic carbocycles. The Bertz CT molecular complexity index is 588. The van der Waals surface area contributed by atoms with Gasteiger partial charge >= 0.3 is 11.9 Å². The number of ether oxygens (including phenoxy) is 3. The van der Waals surface area contributed by atoms with Crippen molar-refractivity contribution >= 4 is 17.6 Å². The van der Waals surface area contributed by atoms with Crippen LogP contribution < -0.4 is 10.1 Å². The highest BCUT2D eigenvalue weighted by Crippen LogP contribution is 2.24. The first-order chi connectivity index (χ1) is 10.4. The lowest BCUT2D eigenvalue weighted by molar-refractivity contribution is -0.222. The molecule has 0 amide bonds. The van der Waals surface area contributed by atoms with E-state index in [1.807, 2.05) is 6.92 Å². The SMILES string of the molecule is CCCOc1ncccc1NC=C1C(=O)OC(C)(C)OC1=O. The fraction of sp³-hybridized carbons (Fsp3) is 0.400. The summed E-state index contributed by atoms with van der Waals surface area (Å²) >= 11 is 0. The van der Waals surface area contributed by atoms with Gasteiger partial charge in [-0.1, -0.05) is 6.92 Å². The molecule has 1 aromatic rings. The molecule has 0 spiro atoms. The maximum atomic E-state index is 11.8. The molecule has 118 valence electrons. The number of aromatic nitrogens is 1. The predicted molar refractivity (Wildman–Crippen MR) is 78.0 cm³/mol. The third kappa shape index (κ3) is 3.75. The van der Waals surface area contributed by atoms with E-state index in [0.29, 0.717) is 18.2 Å². The van der Waals surface area contributed by atoms with Crippen LogP contribution in [0.4, 0.5) is 5.69 Å². The Kier molecular flexibility index (Phi) is 4.65. The minimum atomic E-state index is -1.25. The number of anilines is 1. The molecule has 0 atom stereocenters. The van der Waals surface area contributed by atoms with Crippen molar-refractivity contribution in [3.8, 4) is 5.88 Å². The normalized spacial score (nSPS) is 16.6. The number of cyclic esters (lactones) is 2. The zero-order chi connectivity index (χ0) is 16.2. The highest BCUT2D eigenvalue weighted by Gasteiger charge is 2.38. The minimum absolute atomic E-state index is 0.218. The Morgan fingerprint density at radius 1 is 1.32 bits per heavy atom. The molecule has 0 radical (unpaired) electrons. The quantitative estimate of drug-likeness (QED) is 0.506. The van der Waals surface area contributed by atoms with E-state index < -0.39 is 17.7 Å². The van der Waals surface area contributed by atoms with Crippen molar-refractivity contribution in [2.75, 3.05) is 11.9 Å². The van der Waals surface area contributed by atoms with Crippen LogP contribution in [0.5, 0.6) is 5.88 Å². The first kappa shape index (κ1) is 15.8. The molecule has 0 saturated carbocycles. The van der Waals surface area contributed by atoms with Gasteiger partial charge in [-0.3, -0.25) is 0 Å². The van der Waals surface area contributed by atoms with Crippen molar-refractivity contribution in [2.24, 2.45) is 0 Å². The Balaban J connectivity index is 2.15. The van der Waals surface area contributed by atoms with Crippen molar-refractivity contribution < 1.29 is 23.8 Å². The average molecular weight is 306 g/mol. The molecular formula is C15H18N2O5. The molecule has 7 nitrogen and oxygen atoms in total. The van der Waals surface area contributed by atoms with Gasteiger partial charge in [0.2, 0.25) is 5.88 Å². The maximum Gasteiger partial charge on any atom is 0.350 e. The monoisotopic (exact) mass is 306 g/mol. The van der Waals surface area contributed by atoms with E-state index >= 15 is 0 Å². The third-order valence-electron chi connectivity index (χ3n) is 2.70. The topological polar surface area (TPSA) is 86.8 Å². The van der Waals surface area contributed by atoms with Crippen LogP contribution >= 0.6 is 0 Å². The molecule has 1 aliphatic rings. The molecule has 2 rings (SSSR count). The molecule has 0 aliphatic carbocycles. The number of nitrogens with zero attached hydrogens (tertiary/aromatic N) is 1. The summed E-state index contributed by atoms with van der Waals surface area (Å²) in [6.07, 6.45) is 3.66. The van der Waals surface area contributed by atoms with Crippen molar-refractivity contribution in [2.45, 2.75) is 33.0 Å². The minimum Gasteiger partial charge on any atom is -0.476 e. The lowest BCUT2D eigenvalue weighted by Gasteiger charge is -2.29. The molecule has 2 heterocycles. The van der Waals surface area contributed by atoms with E-state index in [9.17, 15) is 9.59 Å². The molecule has 1 aliphatic heterocycles. The summed E-state index contributed by atoms with van der Waals surface area (Å²) < 4.78 is 15.5. The van der Waals surface area contributed by atoms with Crippen molar-refractivity contribution in [1.29, 1.82) is 0 Å². The lowest BCUT2D eigenvalue weighted by atomic mass is 10.2. The summed E-state index contributed by atoms with van der Waals surface area (Å²) in [5.74, 6) is -2.35. The highest BCUT2D eigenvalue weighted by molar-refractivity contribution is 6.15. The van der Waals surface area contributed by atoms with E-state index in [1.165, 1.54) is 20.0 Å². The summed E-state index contributed by atoms with van der Waals surface area (Å²) in [6, 6.07) is 3.43. The van der Waals surface area contributed by atoms with Gasteiger partial charge in [0.25, 0.3) is 5.79 Å². The summed E-state index contributed by atoms with van der Waals surface area (Å²) in [4.78, 5) is 27.7. The van der Waals surface area contributed by atoms with Crippen LogP contribution in [0.2, 0.25) is 0 Å². The summed E-state index contributed by atoms with van der Waals surface area (Å²) in [6.45, 7) is 5.48. The van der Waals surface area contributed by atoms with E-state index in [4.69, 9.17) is 14.2 Å². The Morgan fingerprint density at radius 2 is 2.00 bits per heavy atom. The van der Waals surface area contributed by atoms with Crippen LogP contribution in [-0.2, 0) is 19.1 Å². The van der Waals surface area contributed by atoms with E-state index in [0.717, 1.165) is 6.42 Å². The first-order valence-corrected chi connectivity index (χ1v) is 6.94. The Labute approximate surface area is 128 Å². The first-order valence-electron chi connectivity index (χ1n) is 6.94. The highest BCUT2D eigenvalue weighted by atomic mass is 16.7. The standard InChI is InChI=1S/C15H18N2O5/c1-4-8-20-12-11(6-5-7-16-12)17-9-10-13(18)21-15(2,3)22-14(10)19/h5-7,9,17H,4,8H2,1-3H3. The second-order valence-electron chi connectivity index (χ2n) is 5.09. The largest absolute Gasteiger partial charge is 0.476 e. The number of hydrogen-bond donors (Lipinski definition) is 1. The molecular weight excluding hydrogens is 288 g/mol. The number of pyridine rings is 1. The van der Waals surface area contributed by atoms with Crippen molar-refractivity contribution in [1.82, 2.24) is 4.98 Å². The molecule has 1 N–H and O–H groups in total.